The third-order valence-corrected chi connectivity index (χ3v) is 4.73. The molecule has 0 aliphatic carbocycles. The summed E-state index contributed by atoms with van der Waals surface area (Å²) in [5.74, 6) is -0.557. The van der Waals surface area contributed by atoms with Crippen molar-refractivity contribution in [3.8, 4) is 0 Å². The van der Waals surface area contributed by atoms with Gasteiger partial charge in [0.15, 0.2) is 0 Å². The maximum atomic E-state index is 12.6. The van der Waals surface area contributed by atoms with E-state index in [9.17, 15) is 9.59 Å². The molecular weight excluding hydrogens is 310 g/mol. The van der Waals surface area contributed by atoms with Gasteiger partial charge in [0.1, 0.15) is 6.61 Å². The Balaban J connectivity index is 1.67. The van der Waals surface area contributed by atoms with Gasteiger partial charge in [0, 0.05) is 13.2 Å². The van der Waals surface area contributed by atoms with E-state index in [-0.39, 0.29) is 18.5 Å². The van der Waals surface area contributed by atoms with E-state index < -0.39 is 11.6 Å². The number of carbonyl (C=O) groups is 2. The van der Waals surface area contributed by atoms with Gasteiger partial charge >= 0.3 is 12.1 Å². The summed E-state index contributed by atoms with van der Waals surface area (Å²) in [5, 5.41) is 0. The first-order chi connectivity index (χ1) is 11.6. The first-order valence-electron chi connectivity index (χ1n) is 8.37. The zero-order valence-electron chi connectivity index (χ0n) is 13.9. The number of nitrogens with zero attached hydrogens (tertiary/aromatic N) is 1. The summed E-state index contributed by atoms with van der Waals surface area (Å²) in [4.78, 5) is 26.4. The Labute approximate surface area is 141 Å². The van der Waals surface area contributed by atoms with E-state index in [1.54, 1.807) is 11.8 Å². The number of carbonyl (C=O) groups excluding carboxylic acids is 2. The van der Waals surface area contributed by atoms with E-state index in [0.29, 0.717) is 32.8 Å². The minimum absolute atomic E-state index is 0.219. The Morgan fingerprint density at radius 2 is 2.08 bits per heavy atom. The number of amides is 1. The normalized spacial score (nSPS) is 25.9. The lowest BCUT2D eigenvalue weighted by molar-refractivity contribution is -0.147. The lowest BCUT2D eigenvalue weighted by atomic mass is 9.91. The molecule has 0 saturated carbocycles. The second kappa shape index (κ2) is 7.21. The molecular formula is C18H23NO5. The molecule has 130 valence electrons. The molecule has 6 heteroatoms. The van der Waals surface area contributed by atoms with Gasteiger partial charge in [-0.05, 0) is 25.3 Å². The molecule has 0 bridgehead atoms. The van der Waals surface area contributed by atoms with Gasteiger partial charge < -0.3 is 14.2 Å². The van der Waals surface area contributed by atoms with Gasteiger partial charge in [-0.15, -0.1) is 0 Å². The Morgan fingerprint density at radius 1 is 1.29 bits per heavy atom. The summed E-state index contributed by atoms with van der Waals surface area (Å²) in [6.07, 6.45) is 0.909. The van der Waals surface area contributed by atoms with Gasteiger partial charge in [0.05, 0.1) is 24.7 Å². The molecule has 0 aromatic heterocycles. The summed E-state index contributed by atoms with van der Waals surface area (Å²) in [7, 11) is 0. The van der Waals surface area contributed by atoms with Crippen LogP contribution in [-0.4, -0.2) is 48.9 Å². The zero-order valence-corrected chi connectivity index (χ0v) is 13.9. The van der Waals surface area contributed by atoms with Crippen molar-refractivity contribution in [1.29, 1.82) is 0 Å². The van der Waals surface area contributed by atoms with Crippen molar-refractivity contribution in [2.45, 2.75) is 31.9 Å². The number of ether oxygens (including phenoxy) is 3. The van der Waals surface area contributed by atoms with E-state index in [2.05, 4.69) is 0 Å². The predicted octanol–water partition coefficient (Wildman–Crippen LogP) is 2.37. The van der Waals surface area contributed by atoms with Crippen LogP contribution >= 0.6 is 0 Å². The van der Waals surface area contributed by atoms with Crippen molar-refractivity contribution in [3.63, 3.8) is 0 Å². The van der Waals surface area contributed by atoms with Crippen LogP contribution in [0.3, 0.4) is 0 Å². The molecule has 2 aliphatic rings. The van der Waals surface area contributed by atoms with Crippen LogP contribution in [0.1, 0.15) is 25.3 Å². The number of likely N-dealkylation sites (tertiary alicyclic amines) is 1. The molecule has 1 aromatic carbocycles. The lowest BCUT2D eigenvalue weighted by Crippen LogP contribution is -2.48. The summed E-state index contributed by atoms with van der Waals surface area (Å²) in [5.41, 5.74) is 0.495. The molecule has 0 radical (unpaired) electrons. The molecule has 0 N–H and O–H groups in total. The summed E-state index contributed by atoms with van der Waals surface area (Å²) in [6, 6.07) is 9.55. The molecule has 2 aliphatic heterocycles. The topological polar surface area (TPSA) is 65.1 Å². The molecule has 1 spiro atoms. The second-order valence-corrected chi connectivity index (χ2v) is 6.33. The Kier molecular flexibility index (Phi) is 5.04. The SMILES string of the molecule is CCOC(=O)C1CN(C(=O)OCc2ccccc2)C2(CCOC2)C1. The number of hydrogen-bond donors (Lipinski definition) is 0. The van der Waals surface area contributed by atoms with Crippen LogP contribution in [0.5, 0.6) is 0 Å². The Morgan fingerprint density at radius 3 is 2.75 bits per heavy atom. The van der Waals surface area contributed by atoms with E-state index >= 15 is 0 Å². The summed E-state index contributed by atoms with van der Waals surface area (Å²) >= 11 is 0. The molecule has 24 heavy (non-hydrogen) atoms. The van der Waals surface area contributed by atoms with Gasteiger partial charge in [0.25, 0.3) is 0 Å². The first-order valence-corrected chi connectivity index (χ1v) is 8.37. The maximum Gasteiger partial charge on any atom is 0.410 e. The van der Waals surface area contributed by atoms with E-state index in [1.807, 2.05) is 30.3 Å². The fourth-order valence-electron chi connectivity index (χ4n) is 3.50. The maximum absolute atomic E-state index is 12.6. The average Bonchev–Trinajstić information content (AvgIpc) is 3.22. The number of benzene rings is 1. The Bertz CT molecular complexity index is 582. The largest absolute Gasteiger partial charge is 0.466 e. The third-order valence-electron chi connectivity index (χ3n) is 4.73. The highest BCUT2D eigenvalue weighted by Gasteiger charge is 2.53. The zero-order chi connectivity index (χ0) is 17.0. The van der Waals surface area contributed by atoms with Crippen molar-refractivity contribution in [1.82, 2.24) is 4.90 Å². The minimum atomic E-state index is -0.439. The van der Waals surface area contributed by atoms with E-state index in [0.717, 1.165) is 12.0 Å². The second-order valence-electron chi connectivity index (χ2n) is 6.33. The van der Waals surface area contributed by atoms with Crippen LogP contribution in [0, 0.1) is 5.92 Å². The van der Waals surface area contributed by atoms with Crippen molar-refractivity contribution in [2.75, 3.05) is 26.4 Å². The molecule has 2 unspecified atom stereocenters. The molecule has 2 fully saturated rings. The first kappa shape index (κ1) is 16.8. The highest BCUT2D eigenvalue weighted by Crippen LogP contribution is 2.40. The summed E-state index contributed by atoms with van der Waals surface area (Å²) in [6.45, 7) is 3.72. The van der Waals surface area contributed by atoms with Crippen molar-refractivity contribution in [3.05, 3.63) is 35.9 Å². The predicted molar refractivity (Wildman–Crippen MR) is 86.2 cm³/mol. The molecule has 1 aromatic rings. The summed E-state index contributed by atoms with van der Waals surface area (Å²) < 4.78 is 16.1. The average molecular weight is 333 g/mol. The standard InChI is InChI=1S/C18H23NO5/c1-2-23-16(20)15-10-18(8-9-22-13-18)19(11-15)17(21)24-12-14-6-4-3-5-7-14/h3-7,15H,2,8-13H2,1H3. The number of esters is 1. The molecule has 2 saturated heterocycles. The van der Waals surface area contributed by atoms with Crippen molar-refractivity contribution in [2.24, 2.45) is 5.92 Å². The van der Waals surface area contributed by atoms with Gasteiger partial charge in [-0.25, -0.2) is 4.79 Å². The lowest BCUT2D eigenvalue weighted by Gasteiger charge is -2.32. The highest BCUT2D eigenvalue weighted by atomic mass is 16.6. The molecule has 2 heterocycles. The van der Waals surface area contributed by atoms with Crippen LogP contribution in [-0.2, 0) is 25.6 Å². The fourth-order valence-corrected chi connectivity index (χ4v) is 3.50. The number of rotatable bonds is 4. The van der Waals surface area contributed by atoms with E-state index in [1.165, 1.54) is 0 Å². The van der Waals surface area contributed by atoms with Crippen molar-refractivity contribution < 1.29 is 23.8 Å². The molecule has 2 atom stereocenters. The van der Waals surface area contributed by atoms with Crippen LogP contribution in [0.15, 0.2) is 30.3 Å². The highest BCUT2D eigenvalue weighted by molar-refractivity contribution is 5.76. The van der Waals surface area contributed by atoms with Crippen LogP contribution in [0.25, 0.3) is 0 Å². The Hall–Kier alpha value is -2.08. The minimum Gasteiger partial charge on any atom is -0.466 e. The van der Waals surface area contributed by atoms with Gasteiger partial charge in [-0.3, -0.25) is 9.69 Å². The van der Waals surface area contributed by atoms with Gasteiger partial charge in [0.2, 0.25) is 0 Å². The quantitative estimate of drug-likeness (QED) is 0.792. The van der Waals surface area contributed by atoms with Gasteiger partial charge in [-0.1, -0.05) is 30.3 Å². The van der Waals surface area contributed by atoms with Gasteiger partial charge in [-0.2, -0.15) is 0 Å². The number of hydrogen-bond acceptors (Lipinski definition) is 5. The molecule has 6 nitrogen and oxygen atoms in total. The smallest absolute Gasteiger partial charge is 0.410 e. The monoisotopic (exact) mass is 333 g/mol. The fraction of sp³-hybridized carbons (Fsp3) is 0.556. The van der Waals surface area contributed by atoms with E-state index in [4.69, 9.17) is 14.2 Å². The van der Waals surface area contributed by atoms with Crippen LogP contribution in [0.2, 0.25) is 0 Å². The van der Waals surface area contributed by atoms with Crippen LogP contribution in [0.4, 0.5) is 4.79 Å². The molecule has 3 rings (SSSR count). The molecule has 1 amide bonds. The van der Waals surface area contributed by atoms with Crippen molar-refractivity contribution >= 4 is 12.1 Å². The third kappa shape index (κ3) is 3.38. The van der Waals surface area contributed by atoms with Crippen LogP contribution < -0.4 is 0 Å².